The van der Waals surface area contributed by atoms with Gasteiger partial charge in [0.2, 0.25) is 0 Å². The Bertz CT molecular complexity index is 1160. The fraction of sp³-hybridized carbons (Fsp3) is 0.414. The Kier molecular flexibility index (Phi) is 7.21. The van der Waals surface area contributed by atoms with Crippen LogP contribution in [0, 0.1) is 6.92 Å². The van der Waals surface area contributed by atoms with Crippen LogP contribution in [-0.4, -0.2) is 31.1 Å². The Balaban J connectivity index is 1.23. The van der Waals surface area contributed by atoms with E-state index in [0.717, 1.165) is 53.6 Å². The number of benzene rings is 2. The molecule has 35 heavy (non-hydrogen) atoms. The number of furan rings is 1. The summed E-state index contributed by atoms with van der Waals surface area (Å²) >= 11 is 0. The lowest BCUT2D eigenvalue weighted by Crippen LogP contribution is -2.50. The second-order valence-electron chi connectivity index (χ2n) is 9.82. The molecule has 3 N–H and O–H groups in total. The van der Waals surface area contributed by atoms with E-state index in [9.17, 15) is 4.79 Å². The van der Waals surface area contributed by atoms with E-state index in [1.165, 1.54) is 25.7 Å². The second-order valence-corrected chi connectivity index (χ2v) is 9.82. The van der Waals surface area contributed by atoms with Crippen molar-refractivity contribution >= 4 is 5.91 Å². The first-order valence-corrected chi connectivity index (χ1v) is 12.8. The van der Waals surface area contributed by atoms with Crippen molar-refractivity contribution < 1.29 is 13.9 Å². The molecule has 184 valence electrons. The summed E-state index contributed by atoms with van der Waals surface area (Å²) in [6.45, 7) is 6.40. The lowest BCUT2D eigenvalue weighted by Gasteiger charge is -2.28. The third-order valence-corrected chi connectivity index (χ3v) is 7.10. The first kappa shape index (κ1) is 23.6. The monoisotopic (exact) mass is 473 g/mol. The molecule has 1 aromatic heterocycles. The van der Waals surface area contributed by atoms with Crippen LogP contribution in [0.2, 0.25) is 0 Å². The molecule has 0 bridgehead atoms. The van der Waals surface area contributed by atoms with Crippen molar-refractivity contribution in [1.82, 2.24) is 16.0 Å². The van der Waals surface area contributed by atoms with E-state index in [2.05, 4.69) is 22.0 Å². The molecule has 1 aliphatic heterocycles. The summed E-state index contributed by atoms with van der Waals surface area (Å²) in [5.41, 5.74) is 3.61. The summed E-state index contributed by atoms with van der Waals surface area (Å²) in [4.78, 5) is 13.1. The van der Waals surface area contributed by atoms with Gasteiger partial charge in [0.15, 0.2) is 0 Å². The summed E-state index contributed by atoms with van der Waals surface area (Å²) in [5.74, 6) is 2.43. The zero-order valence-corrected chi connectivity index (χ0v) is 20.6. The minimum Gasteiger partial charge on any atom is -0.488 e. The molecule has 0 spiro atoms. The maximum Gasteiger partial charge on any atom is 0.252 e. The molecule has 2 aromatic carbocycles. The van der Waals surface area contributed by atoms with Crippen LogP contribution in [-0.2, 0) is 6.54 Å². The number of carbonyl (C=O) groups excluding carboxylic acids is 1. The molecule has 5 rings (SSSR count). The third kappa shape index (κ3) is 5.77. The first-order valence-electron chi connectivity index (χ1n) is 12.8. The van der Waals surface area contributed by atoms with E-state index >= 15 is 0 Å². The van der Waals surface area contributed by atoms with Crippen LogP contribution in [0.3, 0.4) is 0 Å². The van der Waals surface area contributed by atoms with Gasteiger partial charge in [-0.1, -0.05) is 37.1 Å². The van der Waals surface area contributed by atoms with Crippen LogP contribution < -0.4 is 20.7 Å². The van der Waals surface area contributed by atoms with Gasteiger partial charge in [-0.25, -0.2) is 0 Å². The van der Waals surface area contributed by atoms with Gasteiger partial charge in [-0.2, -0.15) is 0 Å². The third-order valence-electron chi connectivity index (χ3n) is 7.10. The summed E-state index contributed by atoms with van der Waals surface area (Å²) < 4.78 is 12.1. The summed E-state index contributed by atoms with van der Waals surface area (Å²) in [5, 5.41) is 9.95. The molecule has 1 amide bonds. The highest BCUT2D eigenvalue weighted by atomic mass is 16.5. The molecule has 0 unspecified atom stereocenters. The second kappa shape index (κ2) is 10.7. The van der Waals surface area contributed by atoms with Crippen molar-refractivity contribution in [3.63, 3.8) is 0 Å². The maximum atomic E-state index is 13.1. The zero-order chi connectivity index (χ0) is 24.2. The number of ether oxygens (including phenoxy) is 1. The average molecular weight is 474 g/mol. The van der Waals surface area contributed by atoms with E-state index in [1.807, 2.05) is 62.4 Å². The Morgan fingerprint density at radius 3 is 2.71 bits per heavy atom. The van der Waals surface area contributed by atoms with Crippen molar-refractivity contribution in [2.75, 3.05) is 13.1 Å². The number of hydrogen-bond donors (Lipinski definition) is 3. The van der Waals surface area contributed by atoms with Gasteiger partial charge >= 0.3 is 0 Å². The molecular weight excluding hydrogens is 438 g/mol. The van der Waals surface area contributed by atoms with Crippen LogP contribution in [0.1, 0.15) is 65.9 Å². The van der Waals surface area contributed by atoms with Gasteiger partial charge in [-0.3, -0.25) is 4.79 Å². The fourth-order valence-corrected chi connectivity index (χ4v) is 4.78. The quantitative estimate of drug-likeness (QED) is 0.402. The van der Waals surface area contributed by atoms with Crippen LogP contribution >= 0.6 is 0 Å². The molecule has 1 aliphatic carbocycles. The van der Waals surface area contributed by atoms with Gasteiger partial charge in [0.1, 0.15) is 23.4 Å². The molecule has 6 nitrogen and oxygen atoms in total. The minimum absolute atomic E-state index is 0.101. The molecule has 2 fully saturated rings. The van der Waals surface area contributed by atoms with Crippen molar-refractivity contribution in [3.8, 4) is 17.1 Å². The van der Waals surface area contributed by atoms with Crippen molar-refractivity contribution in [1.29, 1.82) is 0 Å². The number of aryl methyl sites for hydroxylation is 1. The van der Waals surface area contributed by atoms with E-state index in [1.54, 1.807) is 0 Å². The molecule has 6 heteroatoms. The minimum atomic E-state index is -0.152. The van der Waals surface area contributed by atoms with E-state index in [0.29, 0.717) is 11.6 Å². The van der Waals surface area contributed by atoms with E-state index < -0.39 is 0 Å². The predicted octanol–water partition coefficient (Wildman–Crippen LogP) is 5.13. The SMILES string of the molecule is Cc1ccc(OC2CNC2)cc1C(=O)N[C@H](C)c1cccc(-c2ccc(CNC3CCCC3)o2)c1. The summed E-state index contributed by atoms with van der Waals surface area (Å²) in [7, 11) is 0. The van der Waals surface area contributed by atoms with Crippen molar-refractivity contribution in [3.05, 3.63) is 77.0 Å². The molecule has 1 atom stereocenters. The Hall–Kier alpha value is -3.09. The van der Waals surface area contributed by atoms with Crippen molar-refractivity contribution in [2.45, 2.75) is 64.3 Å². The van der Waals surface area contributed by atoms with Crippen molar-refractivity contribution in [2.24, 2.45) is 0 Å². The standard InChI is InChI=1S/C29H35N3O3/c1-19-10-11-24(34-26-16-30-17-26)15-27(19)29(33)32-20(2)21-6-5-7-22(14-21)28-13-12-25(35-28)18-31-23-8-3-4-9-23/h5-7,10-15,20,23,26,30-31H,3-4,8-9,16-18H2,1-2H3,(H,32,33)/t20-/m1/s1. The van der Waals surface area contributed by atoms with Crippen LogP contribution in [0.4, 0.5) is 0 Å². The highest BCUT2D eigenvalue weighted by Gasteiger charge is 2.20. The molecule has 2 heterocycles. The van der Waals surface area contributed by atoms with Crippen LogP contribution in [0.15, 0.2) is 59.0 Å². The normalized spacial score (nSPS) is 17.2. The van der Waals surface area contributed by atoms with Gasteiger partial charge in [-0.05, 0) is 68.1 Å². The van der Waals surface area contributed by atoms with E-state index in [-0.39, 0.29) is 18.1 Å². The number of nitrogens with one attached hydrogen (secondary N) is 3. The molecule has 1 saturated carbocycles. The van der Waals surface area contributed by atoms with Gasteiger partial charge < -0.3 is 25.1 Å². The first-order chi connectivity index (χ1) is 17.0. The summed E-state index contributed by atoms with van der Waals surface area (Å²) in [6, 6.07) is 18.4. The Morgan fingerprint density at radius 2 is 1.94 bits per heavy atom. The van der Waals surface area contributed by atoms with E-state index in [4.69, 9.17) is 9.15 Å². The number of hydrogen-bond acceptors (Lipinski definition) is 5. The summed E-state index contributed by atoms with van der Waals surface area (Å²) in [6.07, 6.45) is 5.33. The molecule has 3 aromatic rings. The topological polar surface area (TPSA) is 75.5 Å². The smallest absolute Gasteiger partial charge is 0.252 e. The predicted molar refractivity (Wildman–Crippen MR) is 138 cm³/mol. The zero-order valence-electron chi connectivity index (χ0n) is 20.6. The maximum absolute atomic E-state index is 13.1. The van der Waals surface area contributed by atoms with Gasteiger partial charge in [0.25, 0.3) is 5.91 Å². The highest BCUT2D eigenvalue weighted by molar-refractivity contribution is 5.96. The average Bonchev–Trinajstić information content (AvgIpc) is 3.53. The highest BCUT2D eigenvalue weighted by Crippen LogP contribution is 2.27. The van der Waals surface area contributed by atoms with Gasteiger partial charge in [-0.15, -0.1) is 0 Å². The van der Waals surface area contributed by atoms with Crippen LogP contribution in [0.5, 0.6) is 5.75 Å². The lowest BCUT2D eigenvalue weighted by atomic mass is 10.0. The number of rotatable bonds is 9. The molecule has 2 aliphatic rings. The molecule has 0 radical (unpaired) electrons. The van der Waals surface area contributed by atoms with Gasteiger partial charge in [0.05, 0.1) is 12.6 Å². The van der Waals surface area contributed by atoms with Crippen LogP contribution in [0.25, 0.3) is 11.3 Å². The fourth-order valence-electron chi connectivity index (χ4n) is 4.78. The van der Waals surface area contributed by atoms with Gasteiger partial charge in [0, 0.05) is 30.3 Å². The number of carbonyl (C=O) groups is 1. The largest absolute Gasteiger partial charge is 0.488 e. The lowest BCUT2D eigenvalue weighted by molar-refractivity contribution is 0.0937. The molecular formula is C29H35N3O3. The number of amides is 1. The molecule has 1 saturated heterocycles. The Labute approximate surface area is 207 Å². The Morgan fingerprint density at radius 1 is 1.11 bits per heavy atom.